The van der Waals surface area contributed by atoms with Crippen molar-refractivity contribution in [2.24, 2.45) is 5.92 Å². The van der Waals surface area contributed by atoms with Gasteiger partial charge in [-0.3, -0.25) is 4.79 Å². The molecule has 0 radical (unpaired) electrons. The zero-order valence-corrected chi connectivity index (χ0v) is 23.8. The number of aliphatic hydroxyl groups excluding tert-OH is 5. The van der Waals surface area contributed by atoms with Crippen LogP contribution in [0.3, 0.4) is 0 Å². The van der Waals surface area contributed by atoms with E-state index in [1.165, 1.54) is 13.2 Å². The Labute approximate surface area is 247 Å². The number of aryl methyl sites for hydroxylation is 1. The number of carbonyl (C=O) groups is 1. The lowest BCUT2D eigenvalue weighted by molar-refractivity contribution is -0.349. The predicted molar refractivity (Wildman–Crippen MR) is 146 cm³/mol. The highest BCUT2D eigenvalue weighted by atomic mass is 16.8. The van der Waals surface area contributed by atoms with E-state index in [0.29, 0.717) is 5.56 Å². The Bertz CT molecular complexity index is 1250. The molecule has 2 aromatic carbocycles. The van der Waals surface area contributed by atoms with Crippen LogP contribution in [0.5, 0.6) is 28.7 Å². The first-order chi connectivity index (χ1) is 20.4. The fraction of sp³-hybridized carbons (Fsp3) is 0.552. The summed E-state index contributed by atoms with van der Waals surface area (Å²) >= 11 is 0. The molecular formula is C29H38O14. The number of hydrogen-bond acceptors (Lipinski definition) is 14. The number of ketones is 1. The third-order valence-electron chi connectivity index (χ3n) is 7.79. The Morgan fingerprint density at radius 3 is 2.14 bits per heavy atom. The molecule has 0 spiro atoms. The molecule has 10 atom stereocenters. The third-order valence-corrected chi connectivity index (χ3v) is 7.79. The first-order valence-corrected chi connectivity index (χ1v) is 13.8. The van der Waals surface area contributed by atoms with E-state index in [1.54, 1.807) is 26.0 Å². The molecule has 4 rings (SSSR count). The molecular weight excluding hydrogens is 572 g/mol. The van der Waals surface area contributed by atoms with Gasteiger partial charge in [-0.2, -0.15) is 0 Å². The normalized spacial score (nSPS) is 32.7. The van der Waals surface area contributed by atoms with E-state index in [9.17, 15) is 45.6 Å². The van der Waals surface area contributed by atoms with Gasteiger partial charge in [-0.15, -0.1) is 0 Å². The second-order valence-electron chi connectivity index (χ2n) is 10.7. The van der Waals surface area contributed by atoms with Crippen LogP contribution in [0.25, 0.3) is 0 Å². The Morgan fingerprint density at radius 2 is 1.53 bits per heavy atom. The fourth-order valence-corrected chi connectivity index (χ4v) is 5.16. The molecule has 14 nitrogen and oxygen atoms in total. The number of ether oxygens (including phenoxy) is 5. The van der Waals surface area contributed by atoms with Gasteiger partial charge in [0.2, 0.25) is 6.29 Å². The van der Waals surface area contributed by atoms with E-state index in [-0.39, 0.29) is 35.7 Å². The van der Waals surface area contributed by atoms with Crippen LogP contribution in [0.1, 0.15) is 36.2 Å². The largest absolute Gasteiger partial charge is 0.507 e. The number of hydrogen-bond donors (Lipinski definition) is 8. The summed E-state index contributed by atoms with van der Waals surface area (Å²) in [6.07, 6.45) is -12.1. The van der Waals surface area contributed by atoms with Crippen molar-refractivity contribution < 1.29 is 69.3 Å². The Balaban J connectivity index is 1.51. The maximum atomic E-state index is 12.9. The minimum atomic E-state index is -1.70. The molecule has 0 amide bonds. The molecule has 2 aliphatic heterocycles. The number of Topliss-reactive ketones (excluding diaryl/α,β-unsaturated/α-hetero) is 1. The molecule has 2 aliphatic rings. The fourth-order valence-electron chi connectivity index (χ4n) is 5.16. The second kappa shape index (κ2) is 13.6. The van der Waals surface area contributed by atoms with E-state index >= 15 is 0 Å². The molecule has 2 fully saturated rings. The summed E-state index contributed by atoms with van der Waals surface area (Å²) in [7, 11) is 1.41. The van der Waals surface area contributed by atoms with Crippen molar-refractivity contribution in [2.45, 2.75) is 82.0 Å². The Kier molecular flexibility index (Phi) is 10.4. The topological polar surface area (TPSA) is 225 Å². The molecule has 8 N–H and O–H groups in total. The maximum Gasteiger partial charge on any atom is 0.229 e. The van der Waals surface area contributed by atoms with Crippen LogP contribution in [-0.4, -0.2) is 116 Å². The van der Waals surface area contributed by atoms with Crippen molar-refractivity contribution in [3.05, 3.63) is 41.5 Å². The highest BCUT2D eigenvalue weighted by Crippen LogP contribution is 2.37. The number of carbonyl (C=O) groups excluding carboxylic acids is 1. The number of aliphatic hydroxyl groups is 5. The van der Waals surface area contributed by atoms with Crippen molar-refractivity contribution in [1.82, 2.24) is 0 Å². The molecule has 2 aromatic rings. The number of benzene rings is 2. The van der Waals surface area contributed by atoms with Gasteiger partial charge >= 0.3 is 0 Å². The Morgan fingerprint density at radius 1 is 0.860 bits per heavy atom. The van der Waals surface area contributed by atoms with Gasteiger partial charge in [-0.1, -0.05) is 13.0 Å². The second-order valence-corrected chi connectivity index (χ2v) is 10.7. The zero-order valence-electron chi connectivity index (χ0n) is 23.8. The number of aromatic hydroxyl groups is 3. The summed E-state index contributed by atoms with van der Waals surface area (Å²) in [5.74, 6) is -2.54. The minimum Gasteiger partial charge on any atom is -0.507 e. The first-order valence-electron chi connectivity index (χ1n) is 13.8. The smallest absolute Gasteiger partial charge is 0.229 e. The number of rotatable bonds is 10. The van der Waals surface area contributed by atoms with E-state index < -0.39 is 85.1 Å². The lowest BCUT2D eigenvalue weighted by Gasteiger charge is -2.46. The summed E-state index contributed by atoms with van der Waals surface area (Å²) in [6.45, 7) is 2.44. The van der Waals surface area contributed by atoms with Gasteiger partial charge in [-0.25, -0.2) is 0 Å². The molecule has 0 saturated carbocycles. The monoisotopic (exact) mass is 610 g/mol. The molecule has 0 aliphatic carbocycles. The van der Waals surface area contributed by atoms with Gasteiger partial charge in [0.15, 0.2) is 29.7 Å². The van der Waals surface area contributed by atoms with Gasteiger partial charge in [0.25, 0.3) is 0 Å². The van der Waals surface area contributed by atoms with Gasteiger partial charge in [0.1, 0.15) is 47.2 Å². The molecule has 0 bridgehead atoms. The van der Waals surface area contributed by atoms with Crippen molar-refractivity contribution in [2.75, 3.05) is 13.7 Å². The predicted octanol–water partition coefficient (Wildman–Crippen LogP) is -0.0668. The molecule has 14 heteroatoms. The quantitative estimate of drug-likeness (QED) is 0.165. The van der Waals surface area contributed by atoms with E-state index in [0.717, 1.165) is 12.1 Å². The summed E-state index contributed by atoms with van der Waals surface area (Å²) in [5.41, 5.74) is 0.252. The first kappa shape index (κ1) is 32.7. The summed E-state index contributed by atoms with van der Waals surface area (Å²) < 4.78 is 27.7. The third kappa shape index (κ3) is 6.97. The van der Waals surface area contributed by atoms with Crippen LogP contribution >= 0.6 is 0 Å². The number of phenols is 3. The molecule has 43 heavy (non-hydrogen) atoms. The SMILES string of the molecule is COc1ccc(CCC(=O)c2c(O)cc(OC3O[C@H](CO)C(O)[C@H](O)C3O[C@@H]3O[C@@H](C)[C@H](O)[C@@H](C)[C@H]3O)cc2O)cc1O. The summed E-state index contributed by atoms with van der Waals surface area (Å²) in [4.78, 5) is 12.9. The Hall–Kier alpha value is -3.21. The van der Waals surface area contributed by atoms with Gasteiger partial charge in [0, 0.05) is 24.5 Å². The van der Waals surface area contributed by atoms with Crippen LogP contribution in [0.2, 0.25) is 0 Å². The summed E-state index contributed by atoms with van der Waals surface area (Å²) in [6, 6.07) is 6.71. The molecule has 2 saturated heterocycles. The van der Waals surface area contributed by atoms with Crippen LogP contribution in [0, 0.1) is 5.92 Å². The zero-order chi connectivity index (χ0) is 31.6. The van der Waals surface area contributed by atoms with Crippen LogP contribution in [0.15, 0.2) is 30.3 Å². The van der Waals surface area contributed by atoms with Crippen molar-refractivity contribution in [3.63, 3.8) is 0 Å². The van der Waals surface area contributed by atoms with E-state index in [1.807, 2.05) is 0 Å². The van der Waals surface area contributed by atoms with Crippen molar-refractivity contribution >= 4 is 5.78 Å². The summed E-state index contributed by atoms with van der Waals surface area (Å²) in [5, 5.41) is 82.9. The van der Waals surface area contributed by atoms with Crippen molar-refractivity contribution in [1.29, 1.82) is 0 Å². The standard InChI is InChI=1S/C29H38O14/c1-12-23(35)13(2)40-28(24(12)36)43-27-26(38)25(37)21(11-30)42-29(27)41-15-9-18(33)22(19(34)10-15)16(31)6-4-14-5-7-20(39-3)17(32)8-14/h5,7-10,12-13,21,23-30,32-38H,4,6,11H2,1-3H3/t12-,13+,21-,23-,24-,25?,26+,27?,28+,29?/m1/s1. The van der Waals surface area contributed by atoms with Crippen LogP contribution in [0.4, 0.5) is 0 Å². The lowest BCUT2D eigenvalue weighted by Crippen LogP contribution is -2.63. The van der Waals surface area contributed by atoms with Crippen LogP contribution in [-0.2, 0) is 20.6 Å². The number of phenolic OH excluding ortho intramolecular Hbond substituents is 3. The number of methoxy groups -OCH3 is 1. The maximum absolute atomic E-state index is 12.9. The average molecular weight is 611 g/mol. The molecule has 238 valence electrons. The van der Waals surface area contributed by atoms with E-state index in [2.05, 4.69) is 0 Å². The molecule has 3 unspecified atom stereocenters. The average Bonchev–Trinajstić information content (AvgIpc) is 2.96. The minimum absolute atomic E-state index is 0.0980. The highest BCUT2D eigenvalue weighted by molar-refractivity contribution is 6.01. The molecule has 0 aromatic heterocycles. The van der Waals surface area contributed by atoms with E-state index in [4.69, 9.17) is 23.7 Å². The van der Waals surface area contributed by atoms with Crippen molar-refractivity contribution in [3.8, 4) is 28.7 Å². The lowest BCUT2D eigenvalue weighted by atomic mass is 9.91. The van der Waals surface area contributed by atoms with Gasteiger partial charge in [0.05, 0.1) is 25.9 Å². The molecule has 2 heterocycles. The van der Waals surface area contributed by atoms with Crippen LogP contribution < -0.4 is 9.47 Å². The highest BCUT2D eigenvalue weighted by Gasteiger charge is 2.50. The van der Waals surface area contributed by atoms with Gasteiger partial charge in [-0.05, 0) is 31.0 Å². The van der Waals surface area contributed by atoms with Gasteiger partial charge < -0.3 is 64.5 Å².